The number of rotatable bonds is 2. The van der Waals surface area contributed by atoms with E-state index < -0.39 is 0 Å². The molecule has 0 saturated heterocycles. The molecule has 0 aromatic heterocycles. The summed E-state index contributed by atoms with van der Waals surface area (Å²) >= 11 is 6.02. The van der Waals surface area contributed by atoms with Crippen molar-refractivity contribution in [3.63, 3.8) is 0 Å². The van der Waals surface area contributed by atoms with Gasteiger partial charge in [0.1, 0.15) is 5.75 Å². The maximum Gasteiger partial charge on any atom is 0.258 e. The molecule has 0 fully saturated rings. The third-order valence-corrected chi connectivity index (χ3v) is 4.33. The fraction of sp³-hybridized carbons (Fsp3) is 0.278. The molecule has 3 nitrogen and oxygen atoms in total. The van der Waals surface area contributed by atoms with Crippen LogP contribution in [-0.2, 0) is 6.42 Å². The molecule has 1 heterocycles. The summed E-state index contributed by atoms with van der Waals surface area (Å²) in [7, 11) is 1.64. The summed E-state index contributed by atoms with van der Waals surface area (Å²) in [5.74, 6) is 0.711. The molecule has 1 aliphatic heterocycles. The zero-order valence-electron chi connectivity index (χ0n) is 12.7. The first-order valence-corrected chi connectivity index (χ1v) is 7.73. The van der Waals surface area contributed by atoms with Crippen molar-refractivity contribution in [2.45, 2.75) is 19.8 Å². The van der Waals surface area contributed by atoms with Gasteiger partial charge in [-0.15, -0.1) is 0 Å². The topological polar surface area (TPSA) is 29.5 Å². The summed E-state index contributed by atoms with van der Waals surface area (Å²) in [5, 5.41) is 0.569. The van der Waals surface area contributed by atoms with Crippen molar-refractivity contribution in [1.29, 1.82) is 0 Å². The molecule has 1 aliphatic rings. The maximum absolute atomic E-state index is 12.9. The Labute approximate surface area is 135 Å². The largest absolute Gasteiger partial charge is 0.495 e. The first kappa shape index (κ1) is 14.9. The van der Waals surface area contributed by atoms with Crippen molar-refractivity contribution >= 4 is 23.2 Å². The van der Waals surface area contributed by atoms with Gasteiger partial charge in [0, 0.05) is 17.1 Å². The molecule has 0 saturated carbocycles. The highest BCUT2D eigenvalue weighted by molar-refractivity contribution is 6.31. The summed E-state index contributed by atoms with van der Waals surface area (Å²) in [6.45, 7) is 2.77. The summed E-state index contributed by atoms with van der Waals surface area (Å²) in [5.41, 5.74) is 3.89. The summed E-state index contributed by atoms with van der Waals surface area (Å²) in [4.78, 5) is 14.7. The average molecular weight is 316 g/mol. The number of carbonyl (C=O) groups excluding carboxylic acids is 1. The summed E-state index contributed by atoms with van der Waals surface area (Å²) in [6.07, 6.45) is 1.92. The van der Waals surface area contributed by atoms with Gasteiger partial charge in [-0.2, -0.15) is 0 Å². The number of hydrogen-bond donors (Lipinski definition) is 0. The Morgan fingerprint density at radius 2 is 2.09 bits per heavy atom. The van der Waals surface area contributed by atoms with Gasteiger partial charge in [0.05, 0.1) is 12.8 Å². The first-order valence-electron chi connectivity index (χ1n) is 7.35. The number of methoxy groups -OCH3 is 1. The van der Waals surface area contributed by atoms with E-state index in [-0.39, 0.29) is 5.91 Å². The van der Waals surface area contributed by atoms with Crippen molar-refractivity contribution < 1.29 is 9.53 Å². The highest BCUT2D eigenvalue weighted by Crippen LogP contribution is 2.39. The van der Waals surface area contributed by atoms with Crippen LogP contribution in [0.15, 0.2) is 36.4 Å². The highest BCUT2D eigenvalue weighted by atomic mass is 35.5. The number of amides is 1. The molecule has 22 heavy (non-hydrogen) atoms. The van der Waals surface area contributed by atoms with Crippen molar-refractivity contribution in [1.82, 2.24) is 0 Å². The minimum absolute atomic E-state index is 0.0349. The van der Waals surface area contributed by atoms with E-state index >= 15 is 0 Å². The van der Waals surface area contributed by atoms with Gasteiger partial charge in [0.15, 0.2) is 0 Å². The maximum atomic E-state index is 12.9. The normalized spacial score (nSPS) is 13.7. The number of aryl methyl sites for hydroxylation is 1. The van der Waals surface area contributed by atoms with Crippen LogP contribution in [0.25, 0.3) is 0 Å². The Bertz CT molecular complexity index is 727. The van der Waals surface area contributed by atoms with E-state index in [0.29, 0.717) is 17.1 Å². The van der Waals surface area contributed by atoms with Crippen LogP contribution < -0.4 is 9.64 Å². The second kappa shape index (κ2) is 6.01. The van der Waals surface area contributed by atoms with Crippen LogP contribution in [0.4, 0.5) is 5.69 Å². The number of fused-ring (bicyclic) bond motifs is 1. The lowest BCUT2D eigenvalue weighted by Crippen LogP contribution is -2.36. The molecule has 114 valence electrons. The predicted octanol–water partition coefficient (Wildman–Crippen LogP) is 4.25. The second-order valence-corrected chi connectivity index (χ2v) is 5.92. The molecule has 0 radical (unpaired) electrons. The van der Waals surface area contributed by atoms with Crippen LogP contribution in [0.1, 0.15) is 27.9 Å². The minimum atomic E-state index is -0.0349. The smallest absolute Gasteiger partial charge is 0.258 e. The van der Waals surface area contributed by atoms with E-state index in [9.17, 15) is 4.79 Å². The molecule has 4 heteroatoms. The third-order valence-electron chi connectivity index (χ3n) is 4.10. The monoisotopic (exact) mass is 315 g/mol. The van der Waals surface area contributed by atoms with Gasteiger partial charge in [-0.25, -0.2) is 0 Å². The molecule has 0 bridgehead atoms. The van der Waals surface area contributed by atoms with Crippen LogP contribution in [0.3, 0.4) is 0 Å². The van der Waals surface area contributed by atoms with Crippen LogP contribution in [-0.4, -0.2) is 19.6 Å². The van der Waals surface area contributed by atoms with Gasteiger partial charge in [-0.1, -0.05) is 23.7 Å². The van der Waals surface area contributed by atoms with Crippen molar-refractivity contribution in [2.75, 3.05) is 18.6 Å². The molecule has 0 atom stereocenters. The number of nitrogens with zero attached hydrogens (tertiary/aromatic N) is 1. The van der Waals surface area contributed by atoms with Crippen LogP contribution in [0.2, 0.25) is 5.02 Å². The number of anilines is 1. The Morgan fingerprint density at radius 1 is 1.27 bits per heavy atom. The predicted molar refractivity (Wildman–Crippen MR) is 89.2 cm³/mol. The number of hydrogen-bond acceptors (Lipinski definition) is 2. The molecule has 2 aromatic carbocycles. The zero-order chi connectivity index (χ0) is 15.7. The second-order valence-electron chi connectivity index (χ2n) is 5.48. The van der Waals surface area contributed by atoms with E-state index in [4.69, 9.17) is 16.3 Å². The lowest BCUT2D eigenvalue weighted by molar-refractivity contribution is 0.0984. The van der Waals surface area contributed by atoms with Gasteiger partial charge in [-0.3, -0.25) is 4.79 Å². The van der Waals surface area contributed by atoms with E-state index in [2.05, 4.69) is 6.92 Å². The zero-order valence-corrected chi connectivity index (χ0v) is 13.5. The van der Waals surface area contributed by atoms with Gasteiger partial charge in [0.2, 0.25) is 0 Å². The SMILES string of the molecule is COc1ccc(C)c2c1N(C(=O)c1cccc(Cl)c1)CCC2. The minimum Gasteiger partial charge on any atom is -0.495 e. The van der Waals surface area contributed by atoms with Gasteiger partial charge >= 0.3 is 0 Å². The van der Waals surface area contributed by atoms with E-state index in [1.807, 2.05) is 17.0 Å². The lowest BCUT2D eigenvalue weighted by atomic mass is 9.95. The van der Waals surface area contributed by atoms with E-state index in [1.54, 1.807) is 31.4 Å². The Balaban J connectivity index is 2.08. The Kier molecular flexibility index (Phi) is 4.08. The van der Waals surface area contributed by atoms with Gasteiger partial charge in [0.25, 0.3) is 5.91 Å². The Hall–Kier alpha value is -2.00. The number of carbonyl (C=O) groups is 1. The van der Waals surface area contributed by atoms with E-state index in [1.165, 1.54) is 11.1 Å². The quantitative estimate of drug-likeness (QED) is 0.829. The summed E-state index contributed by atoms with van der Waals surface area (Å²) in [6, 6.07) is 11.1. The molecule has 0 unspecified atom stereocenters. The molecular formula is C18H18ClNO2. The standard InChI is InChI=1S/C18H18ClNO2/c1-12-8-9-16(22-2)17-15(12)7-4-10-20(17)18(21)13-5-3-6-14(19)11-13/h3,5-6,8-9,11H,4,7,10H2,1-2H3. The Morgan fingerprint density at radius 3 is 2.82 bits per heavy atom. The number of ether oxygens (including phenoxy) is 1. The fourth-order valence-corrected chi connectivity index (χ4v) is 3.19. The molecule has 2 aromatic rings. The number of benzene rings is 2. The van der Waals surface area contributed by atoms with Crippen LogP contribution in [0.5, 0.6) is 5.75 Å². The van der Waals surface area contributed by atoms with Crippen LogP contribution >= 0.6 is 11.6 Å². The molecule has 1 amide bonds. The summed E-state index contributed by atoms with van der Waals surface area (Å²) < 4.78 is 5.49. The third kappa shape index (κ3) is 2.57. The highest BCUT2D eigenvalue weighted by Gasteiger charge is 2.27. The van der Waals surface area contributed by atoms with E-state index in [0.717, 1.165) is 24.3 Å². The average Bonchev–Trinajstić information content (AvgIpc) is 2.54. The fourth-order valence-electron chi connectivity index (χ4n) is 3.00. The lowest BCUT2D eigenvalue weighted by Gasteiger charge is -2.32. The molecular weight excluding hydrogens is 298 g/mol. The van der Waals surface area contributed by atoms with Crippen molar-refractivity contribution in [3.8, 4) is 5.75 Å². The molecule has 3 rings (SSSR count). The van der Waals surface area contributed by atoms with Gasteiger partial charge in [-0.05, 0) is 55.2 Å². The first-order chi connectivity index (χ1) is 10.6. The van der Waals surface area contributed by atoms with Crippen LogP contribution in [0, 0.1) is 6.92 Å². The molecule has 0 N–H and O–H groups in total. The molecule has 0 spiro atoms. The van der Waals surface area contributed by atoms with Crippen molar-refractivity contribution in [3.05, 3.63) is 58.1 Å². The number of halogens is 1. The van der Waals surface area contributed by atoms with Gasteiger partial charge < -0.3 is 9.64 Å². The molecule has 0 aliphatic carbocycles. The van der Waals surface area contributed by atoms with Crippen molar-refractivity contribution in [2.24, 2.45) is 0 Å².